The SMILES string of the molecule is CCC(NC(C)Cn1cccn1)c1cccs1. The molecule has 0 aliphatic rings. The predicted octanol–water partition coefficient (Wildman–Crippen LogP) is 3.07. The Hall–Kier alpha value is -1.13. The Morgan fingerprint density at radius 2 is 2.35 bits per heavy atom. The first-order valence-electron chi connectivity index (χ1n) is 6.06. The van der Waals surface area contributed by atoms with Gasteiger partial charge in [0.2, 0.25) is 0 Å². The maximum atomic E-state index is 4.23. The van der Waals surface area contributed by atoms with Crippen LogP contribution in [0.4, 0.5) is 0 Å². The molecule has 0 bridgehead atoms. The molecule has 92 valence electrons. The number of aromatic nitrogens is 2. The zero-order valence-electron chi connectivity index (χ0n) is 10.3. The molecule has 17 heavy (non-hydrogen) atoms. The fraction of sp³-hybridized carbons (Fsp3) is 0.462. The first kappa shape index (κ1) is 12.3. The highest BCUT2D eigenvalue weighted by Gasteiger charge is 2.13. The molecule has 1 N–H and O–H groups in total. The van der Waals surface area contributed by atoms with E-state index in [2.05, 4.69) is 41.8 Å². The van der Waals surface area contributed by atoms with Gasteiger partial charge in [-0.15, -0.1) is 11.3 Å². The lowest BCUT2D eigenvalue weighted by atomic mass is 10.1. The zero-order valence-corrected chi connectivity index (χ0v) is 11.2. The van der Waals surface area contributed by atoms with Gasteiger partial charge in [-0.2, -0.15) is 5.10 Å². The smallest absolute Gasteiger partial charge is 0.0560 e. The summed E-state index contributed by atoms with van der Waals surface area (Å²) in [5.74, 6) is 0. The summed E-state index contributed by atoms with van der Waals surface area (Å²) in [6, 6.07) is 7.15. The van der Waals surface area contributed by atoms with Gasteiger partial charge in [-0.1, -0.05) is 13.0 Å². The van der Waals surface area contributed by atoms with Crippen LogP contribution in [0.15, 0.2) is 36.0 Å². The topological polar surface area (TPSA) is 29.9 Å². The standard InChI is InChI=1S/C13H19N3S/c1-3-12(13-6-4-9-17-13)15-11(2)10-16-8-5-7-14-16/h4-9,11-12,15H,3,10H2,1-2H3. The molecule has 3 nitrogen and oxygen atoms in total. The number of nitrogens with one attached hydrogen (secondary N) is 1. The van der Waals surface area contributed by atoms with E-state index in [1.54, 1.807) is 0 Å². The second-order valence-corrected chi connectivity index (χ2v) is 5.25. The van der Waals surface area contributed by atoms with Crippen molar-refractivity contribution in [2.24, 2.45) is 0 Å². The van der Waals surface area contributed by atoms with Gasteiger partial charge in [0.25, 0.3) is 0 Å². The molecule has 2 heterocycles. The van der Waals surface area contributed by atoms with Gasteiger partial charge in [0.15, 0.2) is 0 Å². The van der Waals surface area contributed by atoms with Crippen LogP contribution in [0, 0.1) is 0 Å². The highest BCUT2D eigenvalue weighted by molar-refractivity contribution is 7.10. The van der Waals surface area contributed by atoms with Crippen LogP contribution in [0.25, 0.3) is 0 Å². The maximum Gasteiger partial charge on any atom is 0.0560 e. The molecule has 0 saturated heterocycles. The van der Waals surface area contributed by atoms with Crippen molar-refractivity contribution in [3.05, 3.63) is 40.8 Å². The Balaban J connectivity index is 1.90. The summed E-state index contributed by atoms with van der Waals surface area (Å²) in [4.78, 5) is 1.42. The van der Waals surface area contributed by atoms with Gasteiger partial charge in [-0.05, 0) is 30.9 Å². The van der Waals surface area contributed by atoms with Crippen molar-refractivity contribution in [1.82, 2.24) is 15.1 Å². The third-order valence-corrected chi connectivity index (χ3v) is 3.79. The van der Waals surface area contributed by atoms with Crippen molar-refractivity contribution in [1.29, 1.82) is 0 Å². The third kappa shape index (κ3) is 3.41. The number of rotatable bonds is 6. The fourth-order valence-corrected chi connectivity index (χ4v) is 2.85. The van der Waals surface area contributed by atoms with E-state index in [0.29, 0.717) is 12.1 Å². The summed E-state index contributed by atoms with van der Waals surface area (Å²) in [6.45, 7) is 5.34. The van der Waals surface area contributed by atoms with Gasteiger partial charge in [-0.25, -0.2) is 0 Å². The zero-order chi connectivity index (χ0) is 12.1. The van der Waals surface area contributed by atoms with Crippen molar-refractivity contribution < 1.29 is 0 Å². The largest absolute Gasteiger partial charge is 0.305 e. The van der Waals surface area contributed by atoms with E-state index in [-0.39, 0.29) is 0 Å². The summed E-state index contributed by atoms with van der Waals surface area (Å²) in [5, 5.41) is 10.0. The molecule has 2 rings (SSSR count). The van der Waals surface area contributed by atoms with Crippen molar-refractivity contribution in [2.75, 3.05) is 0 Å². The Kier molecular flexibility index (Phi) is 4.34. The summed E-state index contributed by atoms with van der Waals surface area (Å²) in [7, 11) is 0. The van der Waals surface area contributed by atoms with Crippen LogP contribution >= 0.6 is 11.3 Å². The van der Waals surface area contributed by atoms with Gasteiger partial charge >= 0.3 is 0 Å². The van der Waals surface area contributed by atoms with E-state index in [1.165, 1.54) is 4.88 Å². The van der Waals surface area contributed by atoms with E-state index < -0.39 is 0 Å². The van der Waals surface area contributed by atoms with Gasteiger partial charge in [-0.3, -0.25) is 4.68 Å². The first-order valence-corrected chi connectivity index (χ1v) is 6.94. The average Bonchev–Trinajstić information content (AvgIpc) is 2.97. The highest BCUT2D eigenvalue weighted by Crippen LogP contribution is 2.22. The minimum absolute atomic E-state index is 0.418. The van der Waals surface area contributed by atoms with Gasteiger partial charge in [0.1, 0.15) is 0 Å². The van der Waals surface area contributed by atoms with Crippen LogP contribution in [0.3, 0.4) is 0 Å². The van der Waals surface area contributed by atoms with E-state index >= 15 is 0 Å². The highest BCUT2D eigenvalue weighted by atomic mass is 32.1. The molecule has 0 amide bonds. The van der Waals surface area contributed by atoms with E-state index in [9.17, 15) is 0 Å². The average molecular weight is 249 g/mol. The second-order valence-electron chi connectivity index (χ2n) is 4.27. The fourth-order valence-electron chi connectivity index (χ4n) is 1.98. The van der Waals surface area contributed by atoms with Crippen molar-refractivity contribution >= 4 is 11.3 Å². The lowest BCUT2D eigenvalue weighted by molar-refractivity contribution is 0.396. The third-order valence-electron chi connectivity index (χ3n) is 2.80. The maximum absolute atomic E-state index is 4.23. The molecule has 2 aromatic heterocycles. The molecule has 0 aromatic carbocycles. The van der Waals surface area contributed by atoms with Crippen LogP contribution in [0.1, 0.15) is 31.2 Å². The summed E-state index contributed by atoms with van der Waals surface area (Å²) in [5.41, 5.74) is 0. The molecule has 0 aliphatic heterocycles. The molecule has 0 saturated carbocycles. The molecule has 0 radical (unpaired) electrons. The Morgan fingerprint density at radius 1 is 1.47 bits per heavy atom. The van der Waals surface area contributed by atoms with E-state index in [4.69, 9.17) is 0 Å². The van der Waals surface area contributed by atoms with Crippen LogP contribution < -0.4 is 5.32 Å². The normalized spacial score (nSPS) is 14.7. The van der Waals surface area contributed by atoms with Crippen molar-refractivity contribution in [3.8, 4) is 0 Å². The van der Waals surface area contributed by atoms with Gasteiger partial charge in [0, 0.05) is 29.4 Å². The number of hydrogen-bond acceptors (Lipinski definition) is 3. The molecule has 0 fully saturated rings. The molecular formula is C13H19N3S. The van der Waals surface area contributed by atoms with Crippen molar-refractivity contribution in [2.45, 2.75) is 38.9 Å². The molecular weight excluding hydrogens is 230 g/mol. The predicted molar refractivity (Wildman–Crippen MR) is 72.2 cm³/mol. The minimum Gasteiger partial charge on any atom is -0.305 e. The van der Waals surface area contributed by atoms with Crippen LogP contribution in [-0.2, 0) is 6.54 Å². The van der Waals surface area contributed by atoms with Crippen LogP contribution in [0.5, 0.6) is 0 Å². The summed E-state index contributed by atoms with van der Waals surface area (Å²) < 4.78 is 1.97. The quantitative estimate of drug-likeness (QED) is 0.852. The van der Waals surface area contributed by atoms with Gasteiger partial charge in [0.05, 0.1) is 6.54 Å². The Bertz CT molecular complexity index is 408. The minimum atomic E-state index is 0.418. The Morgan fingerprint density at radius 3 is 2.94 bits per heavy atom. The second kappa shape index (κ2) is 5.98. The van der Waals surface area contributed by atoms with Crippen LogP contribution in [-0.4, -0.2) is 15.8 Å². The lowest BCUT2D eigenvalue weighted by Gasteiger charge is -2.21. The summed E-state index contributed by atoms with van der Waals surface area (Å²) in [6.07, 6.45) is 4.94. The lowest BCUT2D eigenvalue weighted by Crippen LogP contribution is -2.33. The molecule has 4 heteroatoms. The molecule has 2 aromatic rings. The van der Waals surface area contributed by atoms with Gasteiger partial charge < -0.3 is 5.32 Å². The molecule has 2 atom stereocenters. The van der Waals surface area contributed by atoms with E-state index in [0.717, 1.165) is 13.0 Å². The first-order chi connectivity index (χ1) is 8.29. The van der Waals surface area contributed by atoms with Crippen LogP contribution in [0.2, 0.25) is 0 Å². The number of thiophene rings is 1. The monoisotopic (exact) mass is 249 g/mol. The number of nitrogens with zero attached hydrogens (tertiary/aromatic N) is 2. The molecule has 2 unspecified atom stereocenters. The Labute approximate surface area is 106 Å². The molecule has 0 spiro atoms. The summed E-state index contributed by atoms with van der Waals surface area (Å²) >= 11 is 1.82. The molecule has 0 aliphatic carbocycles. The number of hydrogen-bond donors (Lipinski definition) is 1. The van der Waals surface area contributed by atoms with E-state index in [1.807, 2.05) is 34.5 Å². The van der Waals surface area contributed by atoms with Crippen molar-refractivity contribution in [3.63, 3.8) is 0 Å².